The molecule has 1 N–H and O–H groups in total. The van der Waals surface area contributed by atoms with Crippen molar-refractivity contribution in [3.63, 3.8) is 0 Å². The highest BCUT2D eigenvalue weighted by Crippen LogP contribution is 2.32. The summed E-state index contributed by atoms with van der Waals surface area (Å²) in [5.74, 6) is 1.03. The average molecular weight is 308 g/mol. The van der Waals surface area contributed by atoms with Crippen molar-refractivity contribution in [1.82, 2.24) is 20.3 Å². The second kappa shape index (κ2) is 5.72. The van der Waals surface area contributed by atoms with E-state index in [1.165, 1.54) is 0 Å². The van der Waals surface area contributed by atoms with E-state index in [0.29, 0.717) is 13.2 Å². The molecule has 1 unspecified atom stereocenters. The van der Waals surface area contributed by atoms with Gasteiger partial charge >= 0.3 is 0 Å². The van der Waals surface area contributed by atoms with Gasteiger partial charge in [0.25, 0.3) is 0 Å². The summed E-state index contributed by atoms with van der Waals surface area (Å²) in [5, 5.41) is 11.0. The van der Waals surface area contributed by atoms with Crippen molar-refractivity contribution in [1.29, 1.82) is 0 Å². The lowest BCUT2D eigenvalue weighted by Gasteiger charge is -2.10. The summed E-state index contributed by atoms with van der Waals surface area (Å²) < 4.78 is 7.24. The number of fused-ring (bicyclic) bond motifs is 2. The Morgan fingerprint density at radius 2 is 2.04 bits per heavy atom. The van der Waals surface area contributed by atoms with Crippen molar-refractivity contribution in [2.24, 2.45) is 0 Å². The Balaban J connectivity index is 1.40. The Morgan fingerprint density at radius 1 is 1.22 bits per heavy atom. The number of carbonyl (C=O) groups excluding carboxylic acids is 1. The third kappa shape index (κ3) is 2.63. The lowest BCUT2D eigenvalue weighted by molar-refractivity contribution is -0.121. The molecule has 2 aromatic carbocycles. The number of benzene rings is 2. The fourth-order valence-corrected chi connectivity index (χ4v) is 2.86. The van der Waals surface area contributed by atoms with Gasteiger partial charge in [0, 0.05) is 18.0 Å². The van der Waals surface area contributed by atoms with Crippen molar-refractivity contribution < 1.29 is 9.53 Å². The van der Waals surface area contributed by atoms with E-state index >= 15 is 0 Å². The summed E-state index contributed by atoms with van der Waals surface area (Å²) in [6.07, 6.45) is 0. The van der Waals surface area contributed by atoms with Crippen LogP contribution in [0.25, 0.3) is 11.0 Å². The van der Waals surface area contributed by atoms with Crippen molar-refractivity contribution in [3.05, 3.63) is 54.1 Å². The van der Waals surface area contributed by atoms with E-state index in [-0.39, 0.29) is 18.4 Å². The smallest absolute Gasteiger partial charge is 0.241 e. The zero-order chi connectivity index (χ0) is 15.6. The number of rotatable bonds is 4. The van der Waals surface area contributed by atoms with Gasteiger partial charge in [0.05, 0.1) is 12.1 Å². The fourth-order valence-electron chi connectivity index (χ4n) is 2.86. The van der Waals surface area contributed by atoms with Crippen LogP contribution in [0.15, 0.2) is 48.5 Å². The standard InChI is InChI=1S/C17H16N4O2/c22-17(10-21-15-7-3-2-6-14(15)19-20-21)18-9-12-11-23-16-8-4-1-5-13(12)16/h1-8,12H,9-11H2,(H,18,22). The fraction of sp³-hybridized carbons (Fsp3) is 0.235. The summed E-state index contributed by atoms with van der Waals surface area (Å²) in [4.78, 5) is 12.2. The van der Waals surface area contributed by atoms with Gasteiger partial charge in [-0.2, -0.15) is 0 Å². The number of ether oxygens (including phenoxy) is 1. The average Bonchev–Trinajstić information content (AvgIpc) is 3.18. The molecule has 4 rings (SSSR count). The predicted octanol–water partition coefficient (Wildman–Crippen LogP) is 1.72. The van der Waals surface area contributed by atoms with Crippen molar-refractivity contribution in [3.8, 4) is 5.75 Å². The lowest BCUT2D eigenvalue weighted by atomic mass is 10.0. The molecule has 0 aliphatic carbocycles. The first-order valence-corrected chi connectivity index (χ1v) is 7.58. The third-order valence-corrected chi connectivity index (χ3v) is 4.06. The SMILES string of the molecule is O=C(Cn1nnc2ccccc21)NCC1COc2ccccc21. The van der Waals surface area contributed by atoms with Gasteiger partial charge in [0.15, 0.2) is 0 Å². The lowest BCUT2D eigenvalue weighted by Crippen LogP contribution is -2.32. The van der Waals surface area contributed by atoms with E-state index in [2.05, 4.69) is 15.6 Å². The first-order valence-electron chi connectivity index (χ1n) is 7.58. The van der Waals surface area contributed by atoms with Crippen LogP contribution in [0.1, 0.15) is 11.5 Å². The maximum Gasteiger partial charge on any atom is 0.241 e. The molecule has 116 valence electrons. The number of aromatic nitrogens is 3. The highest BCUT2D eigenvalue weighted by atomic mass is 16.5. The molecule has 0 bridgehead atoms. The van der Waals surface area contributed by atoms with E-state index in [9.17, 15) is 4.79 Å². The molecule has 6 heteroatoms. The van der Waals surface area contributed by atoms with Gasteiger partial charge in [-0.1, -0.05) is 35.5 Å². The van der Waals surface area contributed by atoms with Crippen LogP contribution in [0.5, 0.6) is 5.75 Å². The van der Waals surface area contributed by atoms with Crippen LogP contribution in [0, 0.1) is 0 Å². The Bertz CT molecular complexity index is 858. The van der Waals surface area contributed by atoms with Crippen LogP contribution < -0.4 is 10.1 Å². The minimum absolute atomic E-state index is 0.0787. The van der Waals surface area contributed by atoms with Crippen LogP contribution in [0.2, 0.25) is 0 Å². The Morgan fingerprint density at radius 3 is 3.00 bits per heavy atom. The van der Waals surface area contributed by atoms with E-state index in [1.807, 2.05) is 48.5 Å². The molecule has 1 atom stereocenters. The largest absolute Gasteiger partial charge is 0.493 e. The molecule has 0 radical (unpaired) electrons. The molecule has 0 spiro atoms. The summed E-state index contributed by atoms with van der Waals surface area (Å²) in [6, 6.07) is 15.5. The molecule has 1 aromatic heterocycles. The Kier molecular flexibility index (Phi) is 3.42. The summed E-state index contributed by atoms with van der Waals surface area (Å²) in [5.41, 5.74) is 2.80. The molecule has 0 saturated carbocycles. The van der Waals surface area contributed by atoms with Gasteiger partial charge in [-0.15, -0.1) is 5.10 Å². The second-order valence-corrected chi connectivity index (χ2v) is 5.59. The summed E-state index contributed by atoms with van der Waals surface area (Å²) >= 11 is 0. The van der Waals surface area contributed by atoms with Gasteiger partial charge in [-0.3, -0.25) is 4.79 Å². The summed E-state index contributed by atoms with van der Waals surface area (Å²) in [7, 11) is 0. The van der Waals surface area contributed by atoms with Crippen molar-refractivity contribution >= 4 is 16.9 Å². The Hall–Kier alpha value is -2.89. The highest BCUT2D eigenvalue weighted by molar-refractivity contribution is 5.79. The molecular formula is C17H16N4O2. The first kappa shape index (κ1) is 13.8. The summed E-state index contributed by atoms with van der Waals surface area (Å²) in [6.45, 7) is 1.32. The van der Waals surface area contributed by atoms with Crippen LogP contribution in [-0.4, -0.2) is 34.1 Å². The monoisotopic (exact) mass is 308 g/mol. The van der Waals surface area contributed by atoms with Gasteiger partial charge in [0.1, 0.15) is 17.8 Å². The number of hydrogen-bond donors (Lipinski definition) is 1. The van der Waals surface area contributed by atoms with Gasteiger partial charge < -0.3 is 10.1 Å². The number of nitrogens with one attached hydrogen (secondary N) is 1. The van der Waals surface area contributed by atoms with Crippen LogP contribution in [0.4, 0.5) is 0 Å². The van der Waals surface area contributed by atoms with E-state index in [1.54, 1.807) is 4.68 Å². The topological polar surface area (TPSA) is 69.0 Å². The molecule has 1 aliphatic heterocycles. The molecular weight excluding hydrogens is 292 g/mol. The van der Waals surface area contributed by atoms with E-state index < -0.39 is 0 Å². The third-order valence-electron chi connectivity index (χ3n) is 4.06. The van der Waals surface area contributed by atoms with Gasteiger partial charge in [0.2, 0.25) is 5.91 Å². The number of carbonyl (C=O) groups is 1. The normalized spacial score (nSPS) is 16.1. The van der Waals surface area contributed by atoms with E-state index in [0.717, 1.165) is 22.3 Å². The van der Waals surface area contributed by atoms with Crippen LogP contribution >= 0.6 is 0 Å². The van der Waals surface area contributed by atoms with Crippen molar-refractivity contribution in [2.45, 2.75) is 12.5 Å². The number of para-hydroxylation sites is 2. The molecule has 1 amide bonds. The second-order valence-electron chi connectivity index (χ2n) is 5.59. The van der Waals surface area contributed by atoms with Crippen LogP contribution in [0.3, 0.4) is 0 Å². The molecule has 2 heterocycles. The first-order chi connectivity index (χ1) is 11.3. The van der Waals surface area contributed by atoms with Gasteiger partial charge in [-0.05, 0) is 18.2 Å². The van der Waals surface area contributed by atoms with Gasteiger partial charge in [-0.25, -0.2) is 4.68 Å². The molecule has 6 nitrogen and oxygen atoms in total. The minimum Gasteiger partial charge on any atom is -0.493 e. The number of amides is 1. The zero-order valence-corrected chi connectivity index (χ0v) is 12.5. The molecule has 23 heavy (non-hydrogen) atoms. The quantitative estimate of drug-likeness (QED) is 0.797. The molecule has 1 aliphatic rings. The molecule has 0 saturated heterocycles. The molecule has 0 fully saturated rings. The van der Waals surface area contributed by atoms with Crippen molar-refractivity contribution in [2.75, 3.05) is 13.2 Å². The maximum absolute atomic E-state index is 12.2. The minimum atomic E-state index is -0.0787. The Labute approximate surface area is 133 Å². The maximum atomic E-state index is 12.2. The van der Waals surface area contributed by atoms with Crippen LogP contribution in [-0.2, 0) is 11.3 Å². The highest BCUT2D eigenvalue weighted by Gasteiger charge is 2.23. The number of hydrogen-bond acceptors (Lipinski definition) is 4. The molecule has 3 aromatic rings. The van der Waals surface area contributed by atoms with E-state index in [4.69, 9.17) is 4.74 Å². The number of nitrogens with zero attached hydrogens (tertiary/aromatic N) is 3. The predicted molar refractivity (Wildman–Crippen MR) is 85.2 cm³/mol. The zero-order valence-electron chi connectivity index (χ0n) is 12.5.